The molecule has 4 atom stereocenters. The molecule has 0 aliphatic carbocycles. The summed E-state index contributed by atoms with van der Waals surface area (Å²) in [6.45, 7) is 6.29. The first-order valence-corrected chi connectivity index (χ1v) is 6.99. The van der Waals surface area contributed by atoms with E-state index in [1.165, 1.54) is 0 Å². The number of hydrogen-bond acceptors (Lipinski definition) is 4. The van der Waals surface area contributed by atoms with Crippen molar-refractivity contribution >= 4 is 11.9 Å². The zero-order valence-corrected chi connectivity index (χ0v) is 12.3. The van der Waals surface area contributed by atoms with E-state index >= 15 is 0 Å². The van der Waals surface area contributed by atoms with E-state index in [9.17, 15) is 9.59 Å². The molecule has 0 aromatic heterocycles. The SMILES string of the molecule is CCC(C)C(NC(N)=O)C(=O)N1CC(CO)OCC1C. The average Bonchev–Trinajstić information content (AvgIpc) is 2.43. The summed E-state index contributed by atoms with van der Waals surface area (Å²) in [4.78, 5) is 25.4. The van der Waals surface area contributed by atoms with Gasteiger partial charge in [0.1, 0.15) is 6.04 Å². The number of carbonyl (C=O) groups is 2. The Hall–Kier alpha value is -1.34. The summed E-state index contributed by atoms with van der Waals surface area (Å²) in [7, 11) is 0. The van der Waals surface area contributed by atoms with Crippen molar-refractivity contribution in [2.75, 3.05) is 19.8 Å². The van der Waals surface area contributed by atoms with Crippen LogP contribution in [-0.4, -0.2) is 59.9 Å². The van der Waals surface area contributed by atoms with Crippen LogP contribution in [0.3, 0.4) is 0 Å². The first-order chi connectivity index (χ1) is 9.40. The lowest BCUT2D eigenvalue weighted by molar-refractivity contribution is -0.149. The van der Waals surface area contributed by atoms with Gasteiger partial charge in [-0.15, -0.1) is 0 Å². The van der Waals surface area contributed by atoms with E-state index in [1.54, 1.807) is 4.90 Å². The minimum Gasteiger partial charge on any atom is -0.394 e. The van der Waals surface area contributed by atoms with Gasteiger partial charge in [0.2, 0.25) is 5.91 Å². The number of nitrogens with zero attached hydrogens (tertiary/aromatic N) is 1. The van der Waals surface area contributed by atoms with Crippen molar-refractivity contribution < 1.29 is 19.4 Å². The number of nitrogens with one attached hydrogen (secondary N) is 1. The summed E-state index contributed by atoms with van der Waals surface area (Å²) >= 11 is 0. The number of morpholine rings is 1. The van der Waals surface area contributed by atoms with Gasteiger partial charge in [0.25, 0.3) is 0 Å². The smallest absolute Gasteiger partial charge is 0.312 e. The number of aliphatic hydroxyl groups excluding tert-OH is 1. The minimum atomic E-state index is -0.705. The second-order valence-electron chi connectivity index (χ2n) is 5.35. The molecule has 1 aliphatic rings. The van der Waals surface area contributed by atoms with Gasteiger partial charge in [-0.1, -0.05) is 20.3 Å². The highest BCUT2D eigenvalue weighted by molar-refractivity contribution is 5.87. The first-order valence-electron chi connectivity index (χ1n) is 6.99. The summed E-state index contributed by atoms with van der Waals surface area (Å²) in [6, 6.07) is -1.44. The molecule has 0 aromatic carbocycles. The number of nitrogens with two attached hydrogens (primary N) is 1. The van der Waals surface area contributed by atoms with Crippen LogP contribution >= 0.6 is 0 Å². The molecule has 1 saturated heterocycles. The van der Waals surface area contributed by atoms with Crippen LogP contribution in [0.1, 0.15) is 27.2 Å². The molecule has 7 nitrogen and oxygen atoms in total. The number of urea groups is 1. The Bertz CT molecular complexity index is 351. The number of carbonyl (C=O) groups excluding carboxylic acids is 2. The number of ether oxygens (including phenoxy) is 1. The Labute approximate surface area is 119 Å². The van der Waals surface area contributed by atoms with Crippen molar-refractivity contribution in [3.63, 3.8) is 0 Å². The lowest BCUT2D eigenvalue weighted by atomic mass is 9.97. The maximum atomic E-state index is 12.6. The summed E-state index contributed by atoms with van der Waals surface area (Å²) in [5.74, 6) is -0.190. The molecular weight excluding hydrogens is 262 g/mol. The summed E-state index contributed by atoms with van der Waals surface area (Å²) < 4.78 is 5.41. The van der Waals surface area contributed by atoms with E-state index in [2.05, 4.69) is 5.32 Å². The van der Waals surface area contributed by atoms with E-state index in [0.717, 1.165) is 6.42 Å². The molecule has 116 valence electrons. The summed E-state index contributed by atoms with van der Waals surface area (Å²) in [6.07, 6.45) is 0.375. The summed E-state index contributed by atoms with van der Waals surface area (Å²) in [5.41, 5.74) is 5.16. The number of aliphatic hydroxyl groups is 1. The van der Waals surface area contributed by atoms with Gasteiger partial charge in [0, 0.05) is 6.54 Å². The lowest BCUT2D eigenvalue weighted by Gasteiger charge is -2.40. The molecule has 20 heavy (non-hydrogen) atoms. The zero-order valence-electron chi connectivity index (χ0n) is 12.3. The quantitative estimate of drug-likeness (QED) is 0.644. The van der Waals surface area contributed by atoms with Crippen LogP contribution in [0.15, 0.2) is 0 Å². The Morgan fingerprint density at radius 1 is 1.55 bits per heavy atom. The predicted molar refractivity (Wildman–Crippen MR) is 74.0 cm³/mol. The second-order valence-corrected chi connectivity index (χ2v) is 5.35. The number of hydrogen-bond donors (Lipinski definition) is 3. The van der Waals surface area contributed by atoms with Crippen molar-refractivity contribution in [1.82, 2.24) is 10.2 Å². The molecule has 4 N–H and O–H groups in total. The van der Waals surface area contributed by atoms with Gasteiger partial charge >= 0.3 is 6.03 Å². The van der Waals surface area contributed by atoms with Crippen LogP contribution in [0.25, 0.3) is 0 Å². The largest absolute Gasteiger partial charge is 0.394 e. The van der Waals surface area contributed by atoms with Gasteiger partial charge in [-0.3, -0.25) is 4.79 Å². The second kappa shape index (κ2) is 7.44. The highest BCUT2D eigenvalue weighted by Gasteiger charge is 2.35. The van der Waals surface area contributed by atoms with E-state index < -0.39 is 12.1 Å². The van der Waals surface area contributed by atoms with Gasteiger partial charge in [-0.25, -0.2) is 4.79 Å². The normalized spacial score (nSPS) is 25.9. The average molecular weight is 287 g/mol. The molecule has 0 aromatic rings. The third-order valence-electron chi connectivity index (χ3n) is 3.77. The monoisotopic (exact) mass is 287 g/mol. The Balaban J connectivity index is 2.83. The predicted octanol–water partition coefficient (Wildman–Crippen LogP) is -0.322. The van der Waals surface area contributed by atoms with Gasteiger partial charge in [-0.2, -0.15) is 0 Å². The highest BCUT2D eigenvalue weighted by Crippen LogP contribution is 2.17. The van der Waals surface area contributed by atoms with E-state index in [0.29, 0.717) is 13.2 Å². The van der Waals surface area contributed by atoms with Crippen molar-refractivity contribution in [3.8, 4) is 0 Å². The van der Waals surface area contributed by atoms with Crippen molar-refractivity contribution in [2.24, 2.45) is 11.7 Å². The van der Waals surface area contributed by atoms with Crippen molar-refractivity contribution in [1.29, 1.82) is 0 Å². The van der Waals surface area contributed by atoms with Crippen LogP contribution < -0.4 is 11.1 Å². The Kier molecular flexibility index (Phi) is 6.22. The molecule has 0 spiro atoms. The van der Waals surface area contributed by atoms with Crippen LogP contribution in [0.2, 0.25) is 0 Å². The van der Waals surface area contributed by atoms with Gasteiger partial charge in [-0.05, 0) is 12.8 Å². The van der Waals surface area contributed by atoms with Gasteiger partial charge in [0.05, 0.1) is 25.4 Å². The maximum Gasteiger partial charge on any atom is 0.312 e. The Morgan fingerprint density at radius 2 is 2.20 bits per heavy atom. The van der Waals surface area contributed by atoms with E-state index in [-0.39, 0.29) is 30.6 Å². The molecule has 1 fully saturated rings. The number of amides is 3. The molecule has 1 heterocycles. The molecule has 7 heteroatoms. The molecule has 1 rings (SSSR count). The number of rotatable bonds is 5. The molecule has 1 aliphatic heterocycles. The minimum absolute atomic E-state index is 0.0161. The topological polar surface area (TPSA) is 105 Å². The zero-order chi connectivity index (χ0) is 15.3. The molecule has 0 saturated carbocycles. The fraction of sp³-hybridized carbons (Fsp3) is 0.846. The van der Waals surface area contributed by atoms with Gasteiger partial charge in [0.15, 0.2) is 0 Å². The third kappa shape index (κ3) is 4.08. The fourth-order valence-electron chi connectivity index (χ4n) is 2.25. The van der Waals surface area contributed by atoms with Crippen LogP contribution in [0, 0.1) is 5.92 Å². The molecular formula is C13H25N3O4. The molecule has 3 amide bonds. The van der Waals surface area contributed by atoms with Gasteiger partial charge < -0.3 is 25.8 Å². The Morgan fingerprint density at radius 3 is 2.70 bits per heavy atom. The van der Waals surface area contributed by atoms with E-state index in [1.807, 2.05) is 20.8 Å². The molecule has 0 radical (unpaired) electrons. The van der Waals surface area contributed by atoms with Crippen molar-refractivity contribution in [2.45, 2.75) is 45.4 Å². The lowest BCUT2D eigenvalue weighted by Crippen LogP contribution is -2.59. The van der Waals surface area contributed by atoms with Crippen molar-refractivity contribution in [3.05, 3.63) is 0 Å². The van der Waals surface area contributed by atoms with Crippen LogP contribution in [-0.2, 0) is 9.53 Å². The third-order valence-corrected chi connectivity index (χ3v) is 3.77. The van der Waals surface area contributed by atoms with E-state index in [4.69, 9.17) is 15.6 Å². The summed E-state index contributed by atoms with van der Waals surface area (Å²) in [5, 5.41) is 11.7. The highest BCUT2D eigenvalue weighted by atomic mass is 16.5. The number of primary amides is 1. The van der Waals surface area contributed by atoms with Crippen LogP contribution in [0.4, 0.5) is 4.79 Å². The van der Waals surface area contributed by atoms with Crippen LogP contribution in [0.5, 0.6) is 0 Å². The fourth-order valence-corrected chi connectivity index (χ4v) is 2.25. The molecule has 4 unspecified atom stereocenters. The maximum absolute atomic E-state index is 12.6. The molecule has 0 bridgehead atoms. The standard InChI is InChI=1S/C13H25N3O4/c1-4-8(2)11(15-13(14)19)12(18)16-5-10(6-17)20-7-9(16)3/h8-11,17H,4-7H2,1-3H3,(H3,14,15,19). The first kappa shape index (κ1) is 16.7.